The first-order valence-electron chi connectivity index (χ1n) is 9.68. The predicted molar refractivity (Wildman–Crippen MR) is 116 cm³/mol. The first kappa shape index (κ1) is 20.3. The number of nitrogens with zero attached hydrogens (tertiary/aromatic N) is 1. The number of rotatable bonds is 3. The van der Waals surface area contributed by atoms with Crippen molar-refractivity contribution in [3.8, 4) is 11.1 Å². The Morgan fingerprint density at radius 3 is 2.70 bits per heavy atom. The number of amides is 2. The van der Waals surface area contributed by atoms with Gasteiger partial charge in [-0.3, -0.25) is 4.79 Å². The Kier molecular flexibility index (Phi) is 4.98. The molecule has 0 aliphatic carbocycles. The highest BCUT2D eigenvalue weighted by Crippen LogP contribution is 2.34. The molecule has 0 spiro atoms. The van der Waals surface area contributed by atoms with Gasteiger partial charge in [-0.15, -0.1) is 0 Å². The van der Waals surface area contributed by atoms with Crippen LogP contribution in [0.4, 0.5) is 4.79 Å². The largest absolute Gasteiger partial charge is 0.458 e. The zero-order chi connectivity index (χ0) is 21.6. The zero-order valence-electron chi connectivity index (χ0n) is 17.3. The molecule has 1 aliphatic heterocycles. The van der Waals surface area contributed by atoms with E-state index in [0.29, 0.717) is 22.9 Å². The van der Waals surface area contributed by atoms with Crippen molar-refractivity contribution in [1.82, 2.24) is 10.2 Å². The van der Waals surface area contributed by atoms with Crippen molar-refractivity contribution in [2.45, 2.75) is 39.5 Å². The molecule has 0 fully saturated rings. The third-order valence-electron chi connectivity index (χ3n) is 4.85. The van der Waals surface area contributed by atoms with Gasteiger partial charge in [-0.25, -0.2) is 4.79 Å². The molecule has 0 saturated carbocycles. The molecule has 4 rings (SSSR count). The van der Waals surface area contributed by atoms with Crippen LogP contribution in [0.15, 0.2) is 40.8 Å². The summed E-state index contributed by atoms with van der Waals surface area (Å²) < 4.78 is 11.1. The molecule has 2 amide bonds. The minimum absolute atomic E-state index is 0.0435. The number of ether oxygens (including phenoxy) is 1. The lowest BCUT2D eigenvalue weighted by Crippen LogP contribution is -2.32. The maximum atomic E-state index is 12.1. The van der Waals surface area contributed by atoms with Gasteiger partial charge in [0.1, 0.15) is 11.4 Å². The summed E-state index contributed by atoms with van der Waals surface area (Å²) in [4.78, 5) is 25.7. The van der Waals surface area contributed by atoms with Gasteiger partial charge in [0.15, 0.2) is 5.58 Å². The summed E-state index contributed by atoms with van der Waals surface area (Å²) in [6, 6.07) is 11.5. The van der Waals surface area contributed by atoms with Crippen LogP contribution < -0.4 is 5.32 Å². The van der Waals surface area contributed by atoms with E-state index in [1.807, 2.05) is 57.2 Å². The number of fused-ring (bicyclic) bond motifs is 2. The summed E-state index contributed by atoms with van der Waals surface area (Å²) in [5.41, 5.74) is 3.67. The van der Waals surface area contributed by atoms with Crippen LogP contribution >= 0.6 is 11.6 Å². The van der Waals surface area contributed by atoms with Crippen LogP contribution in [-0.2, 0) is 17.8 Å². The summed E-state index contributed by atoms with van der Waals surface area (Å²) in [6.45, 7) is 6.22. The van der Waals surface area contributed by atoms with E-state index in [4.69, 9.17) is 20.8 Å². The standard InChI is InChI=1S/C23H23ClN2O4/c1-23(2,3)30-22(28)25-11-17-9-15-8-14(10-19(24)20(15)29-17)13-5-6-18-16(7-13)12-26(4)21(18)27/h5-10H,11-12H2,1-4H3,(H,25,28). The Morgan fingerprint density at radius 2 is 1.97 bits per heavy atom. The van der Waals surface area contributed by atoms with Crippen LogP contribution in [0.25, 0.3) is 22.1 Å². The number of hydrogen-bond acceptors (Lipinski definition) is 4. The van der Waals surface area contributed by atoms with E-state index in [1.54, 1.807) is 11.9 Å². The maximum Gasteiger partial charge on any atom is 0.408 e. The molecule has 156 valence electrons. The monoisotopic (exact) mass is 426 g/mol. The van der Waals surface area contributed by atoms with Crippen molar-refractivity contribution >= 4 is 34.6 Å². The number of carbonyl (C=O) groups is 2. The average Bonchev–Trinajstić information content (AvgIpc) is 3.19. The molecule has 0 atom stereocenters. The van der Waals surface area contributed by atoms with E-state index in [2.05, 4.69) is 5.32 Å². The quantitative estimate of drug-likeness (QED) is 0.611. The smallest absolute Gasteiger partial charge is 0.408 e. The lowest BCUT2D eigenvalue weighted by atomic mass is 9.99. The fraction of sp³-hybridized carbons (Fsp3) is 0.304. The number of carbonyl (C=O) groups excluding carboxylic acids is 2. The van der Waals surface area contributed by atoms with Crippen molar-refractivity contribution in [2.75, 3.05) is 7.05 Å². The summed E-state index contributed by atoms with van der Waals surface area (Å²) in [6.07, 6.45) is -0.507. The normalized spacial score (nSPS) is 13.6. The van der Waals surface area contributed by atoms with Crippen molar-refractivity contribution in [3.05, 3.63) is 58.3 Å². The zero-order valence-corrected chi connectivity index (χ0v) is 18.1. The fourth-order valence-corrected chi connectivity index (χ4v) is 3.80. The number of halogens is 1. The van der Waals surface area contributed by atoms with Crippen LogP contribution in [0, 0.1) is 0 Å². The topological polar surface area (TPSA) is 71.8 Å². The molecule has 2 aromatic carbocycles. The second kappa shape index (κ2) is 7.36. The van der Waals surface area contributed by atoms with Gasteiger partial charge in [0.05, 0.1) is 11.6 Å². The molecule has 1 aliphatic rings. The lowest BCUT2D eigenvalue weighted by molar-refractivity contribution is 0.0520. The lowest BCUT2D eigenvalue weighted by Gasteiger charge is -2.19. The van der Waals surface area contributed by atoms with Crippen LogP contribution in [0.5, 0.6) is 0 Å². The number of furan rings is 1. The van der Waals surface area contributed by atoms with Crippen molar-refractivity contribution < 1.29 is 18.7 Å². The van der Waals surface area contributed by atoms with E-state index in [-0.39, 0.29) is 12.5 Å². The fourth-order valence-electron chi connectivity index (χ4n) is 3.54. The van der Waals surface area contributed by atoms with Crippen molar-refractivity contribution in [2.24, 2.45) is 0 Å². The molecule has 30 heavy (non-hydrogen) atoms. The highest BCUT2D eigenvalue weighted by molar-refractivity contribution is 6.35. The van der Waals surface area contributed by atoms with Crippen LogP contribution in [-0.4, -0.2) is 29.5 Å². The van der Waals surface area contributed by atoms with Crippen LogP contribution in [0.3, 0.4) is 0 Å². The van der Waals surface area contributed by atoms with E-state index >= 15 is 0 Å². The SMILES string of the molecule is CN1Cc2cc(-c3cc(Cl)c4oc(CNC(=O)OC(C)(C)C)cc4c3)ccc2C1=O. The molecule has 2 heterocycles. The maximum absolute atomic E-state index is 12.1. The Balaban J connectivity index is 1.58. The summed E-state index contributed by atoms with van der Waals surface area (Å²) >= 11 is 6.47. The van der Waals surface area contributed by atoms with Gasteiger partial charge in [-0.2, -0.15) is 0 Å². The minimum Gasteiger partial charge on any atom is -0.458 e. The highest BCUT2D eigenvalue weighted by Gasteiger charge is 2.24. The van der Waals surface area contributed by atoms with Gasteiger partial charge < -0.3 is 19.4 Å². The number of hydrogen-bond donors (Lipinski definition) is 1. The Bertz CT molecular complexity index is 1160. The molecule has 0 unspecified atom stereocenters. The van der Waals surface area contributed by atoms with E-state index in [9.17, 15) is 9.59 Å². The highest BCUT2D eigenvalue weighted by atomic mass is 35.5. The van der Waals surface area contributed by atoms with Crippen LogP contribution in [0.1, 0.15) is 42.5 Å². The Morgan fingerprint density at radius 1 is 1.20 bits per heavy atom. The van der Waals surface area contributed by atoms with Gasteiger partial charge in [0.2, 0.25) is 0 Å². The molecule has 1 N–H and O–H groups in total. The number of nitrogens with one attached hydrogen (secondary N) is 1. The number of benzene rings is 2. The second-order valence-corrected chi connectivity index (χ2v) is 8.88. The van der Waals surface area contributed by atoms with Crippen molar-refractivity contribution in [1.29, 1.82) is 0 Å². The molecule has 0 bridgehead atoms. The summed E-state index contributed by atoms with van der Waals surface area (Å²) in [7, 11) is 1.79. The van der Waals surface area contributed by atoms with E-state index in [1.165, 1.54) is 0 Å². The Labute approximate surface area is 179 Å². The first-order chi connectivity index (χ1) is 14.1. The predicted octanol–water partition coefficient (Wildman–Crippen LogP) is 5.36. The van der Waals surface area contributed by atoms with E-state index < -0.39 is 11.7 Å². The molecule has 6 nitrogen and oxygen atoms in total. The molecule has 0 saturated heterocycles. The molecule has 7 heteroatoms. The van der Waals surface area contributed by atoms with Gasteiger partial charge >= 0.3 is 6.09 Å². The third kappa shape index (κ3) is 4.00. The molecular weight excluding hydrogens is 404 g/mol. The van der Waals surface area contributed by atoms with Gasteiger partial charge in [-0.05, 0) is 67.8 Å². The van der Waals surface area contributed by atoms with Gasteiger partial charge in [0, 0.05) is 24.5 Å². The first-order valence-corrected chi connectivity index (χ1v) is 10.1. The molecular formula is C23H23ClN2O4. The molecule has 0 radical (unpaired) electrons. The van der Waals surface area contributed by atoms with Crippen molar-refractivity contribution in [3.63, 3.8) is 0 Å². The Hall–Kier alpha value is -2.99. The molecule has 3 aromatic rings. The summed E-state index contributed by atoms with van der Waals surface area (Å²) in [5.74, 6) is 0.623. The van der Waals surface area contributed by atoms with Crippen LogP contribution in [0.2, 0.25) is 5.02 Å². The average molecular weight is 427 g/mol. The summed E-state index contributed by atoms with van der Waals surface area (Å²) in [5, 5.41) is 4.01. The van der Waals surface area contributed by atoms with Gasteiger partial charge in [-0.1, -0.05) is 17.7 Å². The van der Waals surface area contributed by atoms with Gasteiger partial charge in [0.25, 0.3) is 5.91 Å². The second-order valence-electron chi connectivity index (χ2n) is 8.48. The third-order valence-corrected chi connectivity index (χ3v) is 5.13. The van der Waals surface area contributed by atoms with E-state index in [0.717, 1.165) is 27.6 Å². The minimum atomic E-state index is -0.564. The number of alkyl carbamates (subject to hydrolysis) is 1. The molecule has 1 aromatic heterocycles.